The minimum atomic E-state index is -0.381. The number of nitrogens with zero attached hydrogens (tertiary/aromatic N) is 1. The van der Waals surface area contributed by atoms with Crippen LogP contribution in [-0.2, 0) is 9.59 Å². The predicted octanol–water partition coefficient (Wildman–Crippen LogP) is 4.29. The average Bonchev–Trinajstić information content (AvgIpc) is 2.89. The van der Waals surface area contributed by atoms with Gasteiger partial charge < -0.3 is 25.0 Å². The van der Waals surface area contributed by atoms with Gasteiger partial charge in [-0.25, -0.2) is 0 Å². The second-order valence-electron chi connectivity index (χ2n) is 8.12. The maximum atomic E-state index is 12.5. The van der Waals surface area contributed by atoms with Gasteiger partial charge in [0.05, 0.1) is 18.8 Å². The Kier molecular flexibility index (Phi) is 8.41. The van der Waals surface area contributed by atoms with Crippen molar-refractivity contribution < 1.29 is 23.9 Å². The van der Waals surface area contributed by atoms with Crippen LogP contribution in [0.5, 0.6) is 11.5 Å². The molecule has 0 unspecified atom stereocenters. The average molecular weight is 508 g/mol. The Balaban J connectivity index is 1.29. The Morgan fingerprint density at radius 2 is 1.78 bits per heavy atom. The smallest absolute Gasteiger partial charge is 0.265 e. The lowest BCUT2D eigenvalue weighted by molar-refractivity contribution is -0.121. The molecule has 3 amide bonds. The van der Waals surface area contributed by atoms with E-state index in [9.17, 15) is 14.4 Å². The second-order valence-corrected chi connectivity index (χ2v) is 8.56. The van der Waals surface area contributed by atoms with Crippen molar-refractivity contribution in [3.8, 4) is 11.5 Å². The number of nitrogens with one attached hydrogen (secondary N) is 2. The summed E-state index contributed by atoms with van der Waals surface area (Å²) in [7, 11) is 0. The van der Waals surface area contributed by atoms with Crippen molar-refractivity contribution >= 4 is 40.7 Å². The molecule has 36 heavy (non-hydrogen) atoms. The number of rotatable bonds is 10. The molecular formula is C27H26ClN3O5. The highest BCUT2D eigenvalue weighted by Crippen LogP contribution is 2.34. The maximum Gasteiger partial charge on any atom is 0.265 e. The minimum Gasteiger partial charge on any atom is -0.494 e. The summed E-state index contributed by atoms with van der Waals surface area (Å²) >= 11 is 5.88. The van der Waals surface area contributed by atoms with Crippen molar-refractivity contribution in [1.82, 2.24) is 5.32 Å². The number of benzene rings is 3. The molecular weight excluding hydrogens is 482 g/mol. The Morgan fingerprint density at radius 1 is 1.00 bits per heavy atom. The van der Waals surface area contributed by atoms with Crippen LogP contribution in [0, 0.1) is 0 Å². The Hall–Kier alpha value is -4.04. The van der Waals surface area contributed by atoms with Crippen molar-refractivity contribution in [3.05, 3.63) is 83.4 Å². The van der Waals surface area contributed by atoms with Crippen LogP contribution >= 0.6 is 11.6 Å². The fraction of sp³-hybridized carbons (Fsp3) is 0.222. The molecule has 1 aliphatic heterocycles. The van der Waals surface area contributed by atoms with Gasteiger partial charge in [-0.15, -0.1) is 0 Å². The number of carbonyl (C=O) groups excluding carboxylic acids is 3. The number of halogens is 1. The second kappa shape index (κ2) is 12.1. The number of unbranched alkanes of at least 4 members (excludes halogenated alkanes) is 1. The van der Waals surface area contributed by atoms with Crippen LogP contribution in [0.4, 0.5) is 11.4 Å². The molecule has 1 heterocycles. The fourth-order valence-corrected chi connectivity index (χ4v) is 3.80. The molecule has 9 heteroatoms. The summed E-state index contributed by atoms with van der Waals surface area (Å²) in [6, 6.07) is 21.0. The topological polar surface area (TPSA) is 97.0 Å². The molecule has 0 saturated heterocycles. The van der Waals surface area contributed by atoms with E-state index in [0.29, 0.717) is 40.9 Å². The van der Waals surface area contributed by atoms with E-state index in [1.54, 1.807) is 59.5 Å². The van der Waals surface area contributed by atoms with Crippen molar-refractivity contribution in [1.29, 1.82) is 0 Å². The van der Waals surface area contributed by atoms with E-state index in [0.717, 1.165) is 18.6 Å². The fourth-order valence-electron chi connectivity index (χ4n) is 3.68. The summed E-state index contributed by atoms with van der Waals surface area (Å²) in [5, 5.41) is 6.00. The molecule has 8 nitrogen and oxygen atoms in total. The van der Waals surface area contributed by atoms with Gasteiger partial charge in [0, 0.05) is 22.8 Å². The molecule has 0 aliphatic carbocycles. The Labute approximate surface area is 214 Å². The summed E-state index contributed by atoms with van der Waals surface area (Å²) in [5.74, 6) is 0.448. The van der Waals surface area contributed by atoms with Crippen molar-refractivity contribution in [2.24, 2.45) is 0 Å². The minimum absolute atomic E-state index is 0.0362. The molecule has 1 aliphatic rings. The van der Waals surface area contributed by atoms with E-state index in [-0.39, 0.29) is 30.9 Å². The van der Waals surface area contributed by atoms with Crippen LogP contribution in [0.3, 0.4) is 0 Å². The number of amides is 3. The molecule has 186 valence electrons. The van der Waals surface area contributed by atoms with Crippen LogP contribution in [0.25, 0.3) is 0 Å². The lowest BCUT2D eigenvalue weighted by atomic mass is 10.2. The van der Waals surface area contributed by atoms with E-state index in [4.69, 9.17) is 21.1 Å². The predicted molar refractivity (Wildman–Crippen MR) is 138 cm³/mol. The van der Waals surface area contributed by atoms with E-state index in [2.05, 4.69) is 10.6 Å². The van der Waals surface area contributed by atoms with Crippen LogP contribution in [0.2, 0.25) is 5.02 Å². The molecule has 2 N–H and O–H groups in total. The van der Waals surface area contributed by atoms with Crippen LogP contribution in [0.1, 0.15) is 23.2 Å². The number of hydrogen-bond donors (Lipinski definition) is 2. The number of hydrogen-bond acceptors (Lipinski definition) is 5. The third kappa shape index (κ3) is 6.76. The number of carbonyl (C=O) groups is 3. The van der Waals surface area contributed by atoms with Gasteiger partial charge in [-0.05, 0) is 67.4 Å². The lowest BCUT2D eigenvalue weighted by Crippen LogP contribution is -2.39. The first-order valence-electron chi connectivity index (χ1n) is 11.6. The van der Waals surface area contributed by atoms with E-state index >= 15 is 0 Å². The first-order chi connectivity index (χ1) is 17.5. The van der Waals surface area contributed by atoms with Crippen molar-refractivity contribution in [2.45, 2.75) is 12.8 Å². The highest BCUT2D eigenvalue weighted by Gasteiger charge is 2.25. The maximum absolute atomic E-state index is 12.5. The van der Waals surface area contributed by atoms with Crippen molar-refractivity contribution in [3.63, 3.8) is 0 Å². The van der Waals surface area contributed by atoms with Gasteiger partial charge >= 0.3 is 0 Å². The molecule has 3 aromatic carbocycles. The highest BCUT2D eigenvalue weighted by molar-refractivity contribution is 6.30. The van der Waals surface area contributed by atoms with Crippen LogP contribution < -0.4 is 25.0 Å². The van der Waals surface area contributed by atoms with E-state index in [1.807, 2.05) is 18.2 Å². The molecule has 0 aromatic heterocycles. The summed E-state index contributed by atoms with van der Waals surface area (Å²) in [5.41, 5.74) is 1.57. The third-order valence-electron chi connectivity index (χ3n) is 5.49. The molecule has 0 fully saturated rings. The number of fused-ring (bicyclic) bond motifs is 1. The molecule has 0 atom stereocenters. The van der Waals surface area contributed by atoms with Gasteiger partial charge in [-0.3, -0.25) is 14.4 Å². The zero-order valence-corrected chi connectivity index (χ0v) is 20.3. The van der Waals surface area contributed by atoms with Gasteiger partial charge in [-0.1, -0.05) is 29.8 Å². The van der Waals surface area contributed by atoms with Gasteiger partial charge in [0.2, 0.25) is 5.91 Å². The van der Waals surface area contributed by atoms with Gasteiger partial charge in [0.15, 0.2) is 6.61 Å². The molecule has 0 bridgehead atoms. The normalized spacial score (nSPS) is 12.4. The van der Waals surface area contributed by atoms with Gasteiger partial charge in [0.1, 0.15) is 11.5 Å². The standard InChI is InChI=1S/C27H26ClN3O5/c28-20-8-11-22(12-9-20)35-15-5-4-14-31-23-16-21(10-13-24(23)36-18-26(31)33)30-25(32)17-29-27(34)19-6-2-1-3-7-19/h1-3,6-13,16H,4-5,14-15,17-18H2,(H,29,34)(H,30,32). The quantitative estimate of drug-likeness (QED) is 0.399. The van der Waals surface area contributed by atoms with E-state index < -0.39 is 0 Å². The SMILES string of the molecule is O=C(CNC(=O)c1ccccc1)Nc1ccc2c(c1)N(CCCCOc1ccc(Cl)cc1)C(=O)CO2. The summed E-state index contributed by atoms with van der Waals surface area (Å²) in [6.45, 7) is 0.782. The molecule has 4 rings (SSSR count). The first kappa shape index (κ1) is 25.1. The number of ether oxygens (including phenoxy) is 2. The Bertz CT molecular complexity index is 1220. The zero-order valence-electron chi connectivity index (χ0n) is 19.5. The Morgan fingerprint density at radius 3 is 2.56 bits per heavy atom. The van der Waals surface area contributed by atoms with E-state index in [1.165, 1.54) is 0 Å². The summed E-state index contributed by atoms with van der Waals surface area (Å²) in [6.07, 6.45) is 1.47. The van der Waals surface area contributed by atoms with Gasteiger partial charge in [-0.2, -0.15) is 0 Å². The summed E-state index contributed by atoms with van der Waals surface area (Å²) < 4.78 is 11.3. The number of anilines is 2. The molecule has 0 saturated carbocycles. The first-order valence-corrected chi connectivity index (χ1v) is 12.0. The monoisotopic (exact) mass is 507 g/mol. The zero-order chi connectivity index (χ0) is 25.3. The molecule has 3 aromatic rings. The highest BCUT2D eigenvalue weighted by atomic mass is 35.5. The van der Waals surface area contributed by atoms with Crippen LogP contribution in [0.15, 0.2) is 72.8 Å². The van der Waals surface area contributed by atoms with Crippen molar-refractivity contribution in [2.75, 3.05) is 36.5 Å². The molecule has 0 radical (unpaired) electrons. The van der Waals surface area contributed by atoms with Gasteiger partial charge in [0.25, 0.3) is 11.8 Å². The largest absolute Gasteiger partial charge is 0.494 e. The molecule has 0 spiro atoms. The van der Waals surface area contributed by atoms with Crippen LogP contribution in [-0.4, -0.2) is 44.0 Å². The lowest BCUT2D eigenvalue weighted by Gasteiger charge is -2.30. The third-order valence-corrected chi connectivity index (χ3v) is 5.74. The summed E-state index contributed by atoms with van der Waals surface area (Å²) in [4.78, 5) is 38.7.